The third kappa shape index (κ3) is 7.09. The number of rotatable bonds is 8. The highest BCUT2D eigenvalue weighted by molar-refractivity contribution is 4.93. The normalized spacial score (nSPS) is 16.6. The maximum atomic E-state index is 2.42. The monoisotopic (exact) mass is 224 g/mol. The molecule has 0 aromatic carbocycles. The summed E-state index contributed by atoms with van der Waals surface area (Å²) in [7, 11) is 0. The van der Waals surface area contributed by atoms with Crippen LogP contribution in [0, 0.1) is 17.8 Å². The number of hydrogen-bond donors (Lipinski definition) is 0. The Kier molecular flexibility index (Phi) is 8.70. The van der Waals surface area contributed by atoms with E-state index in [9.17, 15) is 0 Å². The van der Waals surface area contributed by atoms with Crippen LogP contribution in [0.25, 0.3) is 0 Å². The second-order valence-corrected chi connectivity index (χ2v) is 5.79. The van der Waals surface area contributed by atoms with Crippen molar-refractivity contribution in [3.05, 3.63) is 11.6 Å². The van der Waals surface area contributed by atoms with Crippen molar-refractivity contribution in [3.8, 4) is 0 Å². The molecule has 0 heterocycles. The first-order valence-electron chi connectivity index (χ1n) is 7.14. The lowest BCUT2D eigenvalue weighted by Crippen LogP contribution is -2.14. The van der Waals surface area contributed by atoms with Gasteiger partial charge in [0.2, 0.25) is 0 Å². The highest BCUT2D eigenvalue weighted by Crippen LogP contribution is 2.28. The molecule has 0 aromatic heterocycles. The number of hydrogen-bond acceptors (Lipinski definition) is 0. The van der Waals surface area contributed by atoms with E-state index in [1.54, 1.807) is 0 Å². The zero-order valence-corrected chi connectivity index (χ0v) is 12.3. The molecule has 3 atom stereocenters. The van der Waals surface area contributed by atoms with E-state index in [1.807, 2.05) is 0 Å². The van der Waals surface area contributed by atoms with Crippen molar-refractivity contribution < 1.29 is 0 Å². The molecular weight excluding hydrogens is 192 g/mol. The molecule has 96 valence electrons. The van der Waals surface area contributed by atoms with Gasteiger partial charge in [-0.3, -0.25) is 0 Å². The van der Waals surface area contributed by atoms with Crippen LogP contribution in [0.4, 0.5) is 0 Å². The van der Waals surface area contributed by atoms with Crippen molar-refractivity contribution in [2.75, 3.05) is 0 Å². The zero-order chi connectivity index (χ0) is 12.6. The van der Waals surface area contributed by atoms with Gasteiger partial charge in [-0.15, -0.1) is 0 Å². The molecule has 0 fully saturated rings. The van der Waals surface area contributed by atoms with Gasteiger partial charge in [0.05, 0.1) is 0 Å². The summed E-state index contributed by atoms with van der Waals surface area (Å²) in [6.45, 7) is 13.9. The number of allylic oxidation sites excluding steroid dienone is 2. The Balaban J connectivity index is 4.11. The van der Waals surface area contributed by atoms with Gasteiger partial charge >= 0.3 is 0 Å². The summed E-state index contributed by atoms with van der Waals surface area (Å²) in [5.74, 6) is 2.69. The largest absolute Gasteiger partial charge is 0.0856 e. The molecule has 0 aliphatic carbocycles. The fourth-order valence-corrected chi connectivity index (χ4v) is 2.39. The van der Waals surface area contributed by atoms with Gasteiger partial charge in [-0.05, 0) is 44.4 Å². The zero-order valence-electron chi connectivity index (χ0n) is 12.3. The van der Waals surface area contributed by atoms with E-state index in [2.05, 4.69) is 47.6 Å². The minimum Gasteiger partial charge on any atom is -0.0856 e. The molecule has 0 radical (unpaired) electrons. The van der Waals surface area contributed by atoms with E-state index in [1.165, 1.54) is 37.7 Å². The van der Waals surface area contributed by atoms with Gasteiger partial charge in [0.15, 0.2) is 0 Å². The van der Waals surface area contributed by atoms with Gasteiger partial charge in [0.25, 0.3) is 0 Å². The molecule has 0 spiro atoms. The lowest BCUT2D eigenvalue weighted by atomic mass is 9.81. The summed E-state index contributed by atoms with van der Waals surface area (Å²) in [5, 5.41) is 0. The Hall–Kier alpha value is -0.260. The molecular formula is C16H32. The van der Waals surface area contributed by atoms with E-state index >= 15 is 0 Å². The van der Waals surface area contributed by atoms with Gasteiger partial charge in [-0.2, -0.15) is 0 Å². The summed E-state index contributed by atoms with van der Waals surface area (Å²) >= 11 is 0. The highest BCUT2D eigenvalue weighted by Gasteiger charge is 2.17. The molecule has 0 saturated heterocycles. The third-order valence-corrected chi connectivity index (χ3v) is 3.74. The van der Waals surface area contributed by atoms with E-state index in [-0.39, 0.29) is 0 Å². The van der Waals surface area contributed by atoms with Crippen molar-refractivity contribution in [2.24, 2.45) is 17.8 Å². The van der Waals surface area contributed by atoms with Crippen molar-refractivity contribution in [1.82, 2.24) is 0 Å². The fraction of sp³-hybridized carbons (Fsp3) is 0.875. The van der Waals surface area contributed by atoms with Crippen LogP contribution in [0.5, 0.6) is 0 Å². The predicted molar refractivity (Wildman–Crippen MR) is 75.7 cm³/mol. The van der Waals surface area contributed by atoms with Crippen molar-refractivity contribution in [1.29, 1.82) is 0 Å². The van der Waals surface area contributed by atoms with Crippen molar-refractivity contribution in [3.63, 3.8) is 0 Å². The molecule has 0 aliphatic heterocycles. The first kappa shape index (κ1) is 15.7. The van der Waals surface area contributed by atoms with E-state index in [4.69, 9.17) is 0 Å². The van der Waals surface area contributed by atoms with Gasteiger partial charge in [0.1, 0.15) is 0 Å². The van der Waals surface area contributed by atoms with Crippen LogP contribution < -0.4 is 0 Å². The molecule has 0 nitrogen and oxygen atoms in total. The summed E-state index contributed by atoms with van der Waals surface area (Å²) in [6, 6.07) is 0. The molecule has 0 heteroatoms. The Bertz CT molecular complexity index is 186. The SMILES string of the molecule is CCCC(CC(C)CC=C(C)C)C(C)CC. The van der Waals surface area contributed by atoms with Crippen LogP contribution in [0.2, 0.25) is 0 Å². The second-order valence-electron chi connectivity index (χ2n) is 5.79. The van der Waals surface area contributed by atoms with Crippen LogP contribution in [-0.2, 0) is 0 Å². The standard InChI is InChI=1S/C16H32/c1-7-9-16(15(6)8-2)12-14(5)11-10-13(3)4/h10,14-16H,7-9,11-12H2,1-6H3. The minimum absolute atomic E-state index is 0.848. The molecule has 0 amide bonds. The summed E-state index contributed by atoms with van der Waals surface area (Å²) in [6.07, 6.45) is 9.15. The Morgan fingerprint density at radius 1 is 1.12 bits per heavy atom. The van der Waals surface area contributed by atoms with Crippen molar-refractivity contribution >= 4 is 0 Å². The third-order valence-electron chi connectivity index (χ3n) is 3.74. The predicted octanol–water partition coefficient (Wildman–Crippen LogP) is 5.83. The molecule has 3 unspecified atom stereocenters. The smallest absolute Gasteiger partial charge is 0.0322 e. The first-order chi connectivity index (χ1) is 7.51. The molecule has 0 rings (SSSR count). The van der Waals surface area contributed by atoms with E-state index in [0.29, 0.717) is 0 Å². The van der Waals surface area contributed by atoms with Crippen LogP contribution in [0.1, 0.15) is 73.6 Å². The van der Waals surface area contributed by atoms with Crippen LogP contribution in [0.3, 0.4) is 0 Å². The van der Waals surface area contributed by atoms with E-state index in [0.717, 1.165) is 17.8 Å². The minimum atomic E-state index is 0.848. The average Bonchev–Trinajstić information content (AvgIpc) is 2.24. The summed E-state index contributed by atoms with van der Waals surface area (Å²) in [4.78, 5) is 0. The highest BCUT2D eigenvalue weighted by atomic mass is 14.2. The Morgan fingerprint density at radius 3 is 2.19 bits per heavy atom. The molecule has 0 aliphatic rings. The van der Waals surface area contributed by atoms with Gasteiger partial charge < -0.3 is 0 Å². The topological polar surface area (TPSA) is 0 Å². The summed E-state index contributed by atoms with van der Waals surface area (Å²) in [5.41, 5.74) is 1.46. The van der Waals surface area contributed by atoms with Crippen LogP contribution in [-0.4, -0.2) is 0 Å². The lowest BCUT2D eigenvalue weighted by Gasteiger charge is -2.25. The van der Waals surface area contributed by atoms with Gasteiger partial charge in [0, 0.05) is 0 Å². The van der Waals surface area contributed by atoms with Gasteiger partial charge in [-0.1, -0.05) is 58.6 Å². The quantitative estimate of drug-likeness (QED) is 0.455. The molecule has 0 saturated carbocycles. The Labute approximate surface area is 104 Å². The van der Waals surface area contributed by atoms with E-state index < -0.39 is 0 Å². The van der Waals surface area contributed by atoms with Gasteiger partial charge in [-0.25, -0.2) is 0 Å². The van der Waals surface area contributed by atoms with Crippen molar-refractivity contribution in [2.45, 2.75) is 73.6 Å². The molecule has 0 aromatic rings. The molecule has 0 N–H and O–H groups in total. The maximum Gasteiger partial charge on any atom is -0.0322 e. The van der Waals surface area contributed by atoms with Crippen LogP contribution in [0.15, 0.2) is 11.6 Å². The fourth-order valence-electron chi connectivity index (χ4n) is 2.39. The van der Waals surface area contributed by atoms with Crippen LogP contribution >= 0.6 is 0 Å². The lowest BCUT2D eigenvalue weighted by molar-refractivity contribution is 0.266. The average molecular weight is 224 g/mol. The Morgan fingerprint density at radius 2 is 1.75 bits per heavy atom. The first-order valence-corrected chi connectivity index (χ1v) is 7.14. The molecule has 0 bridgehead atoms. The second kappa shape index (κ2) is 8.84. The molecule has 16 heavy (non-hydrogen) atoms. The summed E-state index contributed by atoms with van der Waals surface area (Å²) < 4.78 is 0. The maximum absolute atomic E-state index is 2.42.